The van der Waals surface area contributed by atoms with Crippen molar-refractivity contribution in [2.75, 3.05) is 13.2 Å². The molecule has 2 aliphatic heterocycles. The zero-order chi connectivity index (χ0) is 19.3. The Kier molecular flexibility index (Phi) is 4.48. The number of hydrogen-bond acceptors (Lipinski definition) is 7. The van der Waals surface area contributed by atoms with Gasteiger partial charge in [0.25, 0.3) is 0 Å². The molecule has 0 aromatic carbocycles. The van der Waals surface area contributed by atoms with Crippen molar-refractivity contribution >= 4 is 9.84 Å². The summed E-state index contributed by atoms with van der Waals surface area (Å²) in [5.41, 5.74) is -0.473. The largest absolute Gasteiger partial charge is 0.469 e. The highest BCUT2D eigenvalue weighted by molar-refractivity contribution is 7.94. The lowest BCUT2D eigenvalue weighted by atomic mass is 10.1. The van der Waals surface area contributed by atoms with Crippen molar-refractivity contribution in [2.24, 2.45) is 7.05 Å². The van der Waals surface area contributed by atoms with Gasteiger partial charge in [-0.25, -0.2) is 13.1 Å². The molecule has 3 rings (SSSR count). The van der Waals surface area contributed by atoms with Gasteiger partial charge in [-0.05, 0) is 19.9 Å². The Bertz CT molecular complexity index is 841. The normalized spacial score (nSPS) is 20.5. The van der Waals surface area contributed by atoms with E-state index < -0.39 is 44.7 Å². The van der Waals surface area contributed by atoms with Crippen LogP contribution in [0.1, 0.15) is 25.1 Å². The second-order valence-corrected chi connectivity index (χ2v) is 8.56. The quantitative estimate of drug-likeness (QED) is 0.800. The summed E-state index contributed by atoms with van der Waals surface area (Å²) in [7, 11) is -2.88. The monoisotopic (exact) mass is 397 g/mol. The molecule has 1 saturated heterocycles. The molecule has 0 saturated carbocycles. The molecule has 26 heavy (non-hydrogen) atoms. The zero-order valence-electron chi connectivity index (χ0n) is 14.3. The molecule has 0 amide bonds. The summed E-state index contributed by atoms with van der Waals surface area (Å²) in [5.74, 6) is -1.18. The standard InChI is InChI=1S/C14H18F3N3O5S/c1-13(2)4-10(19-25-13)26(21,22)7-9-11(14(15,16)17)18-20(3)12(9)24-8-5-23-6-8/h4,8,19H,5-7H2,1-3H3. The van der Waals surface area contributed by atoms with Crippen molar-refractivity contribution in [2.45, 2.75) is 37.5 Å². The van der Waals surface area contributed by atoms with Gasteiger partial charge < -0.3 is 9.47 Å². The number of hydroxylamine groups is 1. The minimum Gasteiger partial charge on any atom is -0.469 e. The number of halogens is 3. The average Bonchev–Trinajstić information content (AvgIpc) is 2.95. The first-order valence-corrected chi connectivity index (χ1v) is 9.31. The molecule has 146 valence electrons. The zero-order valence-corrected chi connectivity index (χ0v) is 15.1. The molecular formula is C14H18F3N3O5S. The fourth-order valence-corrected chi connectivity index (χ4v) is 3.90. The molecule has 1 aromatic rings. The van der Waals surface area contributed by atoms with E-state index in [9.17, 15) is 21.6 Å². The maximum atomic E-state index is 13.3. The summed E-state index contributed by atoms with van der Waals surface area (Å²) in [6.45, 7) is 3.65. The van der Waals surface area contributed by atoms with Crippen LogP contribution in [0.25, 0.3) is 0 Å². The molecule has 1 aromatic heterocycles. The molecule has 2 aliphatic rings. The Morgan fingerprint density at radius 1 is 1.42 bits per heavy atom. The molecule has 0 unspecified atom stereocenters. The van der Waals surface area contributed by atoms with Crippen LogP contribution in [0.15, 0.2) is 11.1 Å². The van der Waals surface area contributed by atoms with Gasteiger partial charge in [0.05, 0.1) is 24.5 Å². The molecular weight excluding hydrogens is 379 g/mol. The van der Waals surface area contributed by atoms with E-state index in [1.807, 2.05) is 0 Å². The summed E-state index contributed by atoms with van der Waals surface area (Å²) in [6, 6.07) is 0. The van der Waals surface area contributed by atoms with Gasteiger partial charge in [0.1, 0.15) is 11.7 Å². The number of hydrogen-bond donors (Lipinski definition) is 1. The maximum Gasteiger partial charge on any atom is 0.435 e. The van der Waals surface area contributed by atoms with Crippen molar-refractivity contribution < 1.29 is 35.9 Å². The van der Waals surface area contributed by atoms with Crippen LogP contribution in [0, 0.1) is 0 Å². The number of aryl methyl sites for hydroxylation is 1. The van der Waals surface area contributed by atoms with Crippen molar-refractivity contribution in [1.82, 2.24) is 15.3 Å². The predicted octanol–water partition coefficient (Wildman–Crippen LogP) is 1.29. The van der Waals surface area contributed by atoms with Gasteiger partial charge in [0, 0.05) is 7.05 Å². The molecule has 3 heterocycles. The number of nitrogens with zero attached hydrogens (tertiary/aromatic N) is 2. The van der Waals surface area contributed by atoms with Gasteiger partial charge in [-0.15, -0.1) is 0 Å². The van der Waals surface area contributed by atoms with E-state index in [1.54, 1.807) is 13.8 Å². The smallest absolute Gasteiger partial charge is 0.435 e. The second kappa shape index (κ2) is 6.13. The second-order valence-electron chi connectivity index (χ2n) is 6.61. The van der Waals surface area contributed by atoms with Crippen LogP contribution >= 0.6 is 0 Å². The predicted molar refractivity (Wildman–Crippen MR) is 82.5 cm³/mol. The number of alkyl halides is 3. The lowest BCUT2D eigenvalue weighted by Crippen LogP contribution is -2.39. The molecule has 0 aliphatic carbocycles. The fraction of sp³-hybridized carbons (Fsp3) is 0.643. The summed E-state index contributed by atoms with van der Waals surface area (Å²) in [5, 5.41) is 3.13. The molecule has 0 radical (unpaired) electrons. The number of nitrogens with one attached hydrogen (secondary N) is 1. The molecule has 0 bridgehead atoms. The number of ether oxygens (including phenoxy) is 2. The number of sulfone groups is 1. The van der Waals surface area contributed by atoms with Crippen LogP contribution in [-0.2, 0) is 38.4 Å². The summed E-state index contributed by atoms with van der Waals surface area (Å²) < 4.78 is 76.5. The first kappa shape index (κ1) is 19.0. The first-order valence-electron chi connectivity index (χ1n) is 7.66. The number of rotatable bonds is 5. The van der Waals surface area contributed by atoms with Gasteiger partial charge in [0.2, 0.25) is 5.88 Å². The Hall–Kier alpha value is -1.79. The van der Waals surface area contributed by atoms with Crippen LogP contribution in [0.4, 0.5) is 13.2 Å². The highest BCUT2D eigenvalue weighted by Crippen LogP contribution is 2.38. The highest BCUT2D eigenvalue weighted by Gasteiger charge is 2.42. The molecule has 12 heteroatoms. The molecule has 0 spiro atoms. The van der Waals surface area contributed by atoms with Crippen LogP contribution in [0.3, 0.4) is 0 Å². The van der Waals surface area contributed by atoms with Crippen molar-refractivity contribution in [3.63, 3.8) is 0 Å². The fourth-order valence-electron chi connectivity index (χ4n) is 2.48. The van der Waals surface area contributed by atoms with Gasteiger partial charge >= 0.3 is 6.18 Å². The third-order valence-corrected chi connectivity index (χ3v) is 5.35. The van der Waals surface area contributed by atoms with E-state index in [2.05, 4.69) is 10.6 Å². The van der Waals surface area contributed by atoms with E-state index >= 15 is 0 Å². The minimum absolute atomic E-state index is 0.216. The Labute approximate surface area is 147 Å². The van der Waals surface area contributed by atoms with Crippen LogP contribution in [0.2, 0.25) is 0 Å². The summed E-state index contributed by atoms with van der Waals surface area (Å²) >= 11 is 0. The lowest BCUT2D eigenvalue weighted by molar-refractivity contribution is -0.142. The van der Waals surface area contributed by atoms with Crippen LogP contribution in [-0.4, -0.2) is 43.1 Å². The Balaban J connectivity index is 1.99. The lowest BCUT2D eigenvalue weighted by Gasteiger charge is -2.27. The summed E-state index contributed by atoms with van der Waals surface area (Å²) in [6.07, 6.45) is -3.97. The van der Waals surface area contributed by atoms with Gasteiger partial charge in [-0.2, -0.15) is 18.3 Å². The van der Waals surface area contributed by atoms with Gasteiger partial charge in [0.15, 0.2) is 20.6 Å². The van der Waals surface area contributed by atoms with Crippen molar-refractivity contribution in [3.05, 3.63) is 22.4 Å². The molecule has 8 nitrogen and oxygen atoms in total. The third-order valence-electron chi connectivity index (χ3n) is 3.81. The highest BCUT2D eigenvalue weighted by atomic mass is 32.2. The van der Waals surface area contributed by atoms with Crippen molar-refractivity contribution in [1.29, 1.82) is 0 Å². The van der Waals surface area contributed by atoms with Crippen LogP contribution in [0.5, 0.6) is 5.88 Å². The van der Waals surface area contributed by atoms with E-state index in [0.717, 1.165) is 4.68 Å². The van der Waals surface area contributed by atoms with Crippen LogP contribution < -0.4 is 10.2 Å². The average molecular weight is 397 g/mol. The molecule has 0 atom stereocenters. The minimum atomic E-state index is -4.83. The SMILES string of the molecule is Cn1nc(C(F)(F)F)c(CS(=O)(=O)C2=CC(C)(C)ON2)c1OC1COC1. The first-order chi connectivity index (χ1) is 11.9. The maximum absolute atomic E-state index is 13.3. The van der Waals surface area contributed by atoms with E-state index in [1.165, 1.54) is 13.1 Å². The third kappa shape index (κ3) is 3.67. The van der Waals surface area contributed by atoms with E-state index in [4.69, 9.17) is 14.3 Å². The molecule has 1 fully saturated rings. The summed E-state index contributed by atoms with van der Waals surface area (Å²) in [4.78, 5) is 5.09. The topological polar surface area (TPSA) is 91.7 Å². The number of aromatic nitrogens is 2. The van der Waals surface area contributed by atoms with E-state index in [-0.39, 0.29) is 24.1 Å². The van der Waals surface area contributed by atoms with Gasteiger partial charge in [-0.3, -0.25) is 10.3 Å². The van der Waals surface area contributed by atoms with Crippen molar-refractivity contribution in [3.8, 4) is 5.88 Å². The van der Waals surface area contributed by atoms with Gasteiger partial charge in [-0.1, -0.05) is 0 Å². The molecule has 1 N–H and O–H groups in total. The van der Waals surface area contributed by atoms with E-state index in [0.29, 0.717) is 0 Å². The Morgan fingerprint density at radius 3 is 2.54 bits per heavy atom. The Morgan fingerprint density at radius 2 is 2.08 bits per heavy atom.